The Kier molecular flexibility index (Phi) is 5.02. The SMILES string of the molecule is COC(=O)c1cc([N+](=O)[O-])ccc1C(=O)c1ccc(N(C)C)cc1O. The second kappa shape index (κ2) is 7.00. The summed E-state index contributed by atoms with van der Waals surface area (Å²) in [7, 11) is 4.67. The van der Waals surface area contributed by atoms with Gasteiger partial charge >= 0.3 is 5.97 Å². The first-order chi connectivity index (χ1) is 11.8. The van der Waals surface area contributed by atoms with E-state index in [0.29, 0.717) is 5.69 Å². The van der Waals surface area contributed by atoms with Crippen LogP contribution >= 0.6 is 0 Å². The summed E-state index contributed by atoms with van der Waals surface area (Å²) >= 11 is 0. The highest BCUT2D eigenvalue weighted by Gasteiger charge is 2.24. The molecule has 0 radical (unpaired) electrons. The molecule has 0 aliphatic carbocycles. The standard InChI is InChI=1S/C17H16N2O6/c1-18(2)10-4-7-13(15(20)9-10)16(21)12-6-5-11(19(23)24)8-14(12)17(22)25-3/h4-9,20H,1-3H3. The molecule has 8 heteroatoms. The van der Waals surface area contributed by atoms with Gasteiger partial charge in [-0.05, 0) is 18.2 Å². The van der Waals surface area contributed by atoms with E-state index >= 15 is 0 Å². The molecule has 0 unspecified atom stereocenters. The number of carbonyl (C=O) groups excluding carboxylic acids is 2. The van der Waals surface area contributed by atoms with Crippen molar-refractivity contribution in [1.29, 1.82) is 0 Å². The zero-order chi connectivity index (χ0) is 18.7. The number of aromatic hydroxyl groups is 1. The number of methoxy groups -OCH3 is 1. The number of nitro groups is 1. The molecule has 8 nitrogen and oxygen atoms in total. The van der Waals surface area contributed by atoms with E-state index in [4.69, 9.17) is 0 Å². The molecule has 0 aliphatic heterocycles. The summed E-state index contributed by atoms with van der Waals surface area (Å²) in [5.41, 5.74) is -0.0113. The van der Waals surface area contributed by atoms with E-state index in [1.165, 1.54) is 18.2 Å². The van der Waals surface area contributed by atoms with Crippen LogP contribution in [0.25, 0.3) is 0 Å². The fourth-order valence-corrected chi connectivity index (χ4v) is 2.26. The van der Waals surface area contributed by atoms with Crippen LogP contribution in [0.15, 0.2) is 36.4 Å². The fraction of sp³-hybridized carbons (Fsp3) is 0.176. The number of carbonyl (C=O) groups is 2. The van der Waals surface area contributed by atoms with Crippen molar-refractivity contribution in [2.24, 2.45) is 0 Å². The van der Waals surface area contributed by atoms with Crippen LogP contribution in [-0.4, -0.2) is 43.0 Å². The van der Waals surface area contributed by atoms with Crippen molar-refractivity contribution in [3.8, 4) is 5.75 Å². The summed E-state index contributed by atoms with van der Waals surface area (Å²) in [6.45, 7) is 0. The highest BCUT2D eigenvalue weighted by atomic mass is 16.6. The van der Waals surface area contributed by atoms with Crippen LogP contribution in [0.3, 0.4) is 0 Å². The molecule has 130 valence electrons. The number of nitro benzene ring substituents is 1. The van der Waals surface area contributed by atoms with E-state index in [1.807, 2.05) is 0 Å². The lowest BCUT2D eigenvalue weighted by atomic mass is 9.97. The minimum Gasteiger partial charge on any atom is -0.507 e. The second-order valence-electron chi connectivity index (χ2n) is 5.40. The Balaban J connectivity index is 2.55. The van der Waals surface area contributed by atoms with Crippen LogP contribution in [0.4, 0.5) is 11.4 Å². The van der Waals surface area contributed by atoms with E-state index in [0.717, 1.165) is 19.2 Å². The number of hydrogen-bond acceptors (Lipinski definition) is 7. The molecule has 0 amide bonds. The van der Waals surface area contributed by atoms with Gasteiger partial charge in [0.1, 0.15) is 5.75 Å². The van der Waals surface area contributed by atoms with Gasteiger partial charge < -0.3 is 14.7 Å². The van der Waals surface area contributed by atoms with Gasteiger partial charge in [0.05, 0.1) is 23.2 Å². The minimum atomic E-state index is -0.878. The number of anilines is 1. The van der Waals surface area contributed by atoms with Crippen molar-refractivity contribution in [3.05, 3.63) is 63.2 Å². The largest absolute Gasteiger partial charge is 0.507 e. The Bertz CT molecular complexity index is 860. The third-order valence-electron chi connectivity index (χ3n) is 3.61. The van der Waals surface area contributed by atoms with Gasteiger partial charge in [-0.15, -0.1) is 0 Å². The lowest BCUT2D eigenvalue weighted by molar-refractivity contribution is -0.384. The number of nitrogens with zero attached hydrogens (tertiary/aromatic N) is 2. The molecular weight excluding hydrogens is 328 g/mol. The Hall–Kier alpha value is -3.42. The van der Waals surface area contributed by atoms with Gasteiger partial charge in [0, 0.05) is 43.5 Å². The molecule has 0 aromatic heterocycles. The van der Waals surface area contributed by atoms with Crippen molar-refractivity contribution >= 4 is 23.1 Å². The quantitative estimate of drug-likeness (QED) is 0.384. The van der Waals surface area contributed by atoms with E-state index in [-0.39, 0.29) is 28.1 Å². The summed E-state index contributed by atoms with van der Waals surface area (Å²) in [6.07, 6.45) is 0. The smallest absolute Gasteiger partial charge is 0.338 e. The summed E-state index contributed by atoms with van der Waals surface area (Å²) in [4.78, 5) is 36.6. The topological polar surface area (TPSA) is 110 Å². The van der Waals surface area contributed by atoms with Crippen LogP contribution < -0.4 is 4.90 Å². The van der Waals surface area contributed by atoms with Crippen molar-refractivity contribution in [1.82, 2.24) is 0 Å². The van der Waals surface area contributed by atoms with E-state index in [2.05, 4.69) is 4.74 Å². The van der Waals surface area contributed by atoms with Gasteiger partial charge in [0.2, 0.25) is 0 Å². The summed E-state index contributed by atoms with van der Waals surface area (Å²) in [6, 6.07) is 7.74. The Morgan fingerprint density at radius 2 is 1.72 bits per heavy atom. The van der Waals surface area contributed by atoms with E-state index in [9.17, 15) is 24.8 Å². The fourth-order valence-electron chi connectivity index (χ4n) is 2.26. The summed E-state index contributed by atoms with van der Waals surface area (Å²) in [5, 5.41) is 21.0. The van der Waals surface area contributed by atoms with Crippen LogP contribution in [-0.2, 0) is 4.74 Å². The molecular formula is C17H16N2O6. The molecule has 0 fully saturated rings. The monoisotopic (exact) mass is 344 g/mol. The maximum absolute atomic E-state index is 12.7. The van der Waals surface area contributed by atoms with Crippen LogP contribution in [0, 0.1) is 10.1 Å². The molecule has 0 bridgehead atoms. The summed E-state index contributed by atoms with van der Waals surface area (Å²) in [5.74, 6) is -1.78. The van der Waals surface area contributed by atoms with Gasteiger partial charge in [-0.1, -0.05) is 0 Å². The highest BCUT2D eigenvalue weighted by molar-refractivity contribution is 6.16. The number of ketones is 1. The molecule has 0 saturated heterocycles. The maximum atomic E-state index is 12.7. The van der Waals surface area contributed by atoms with Gasteiger partial charge in [0.25, 0.3) is 5.69 Å². The predicted molar refractivity (Wildman–Crippen MR) is 90.3 cm³/mol. The third kappa shape index (κ3) is 3.57. The van der Waals surface area contributed by atoms with Gasteiger partial charge in [-0.25, -0.2) is 4.79 Å². The van der Waals surface area contributed by atoms with Crippen molar-refractivity contribution in [2.45, 2.75) is 0 Å². The van der Waals surface area contributed by atoms with Crippen LogP contribution in [0.1, 0.15) is 26.3 Å². The summed E-state index contributed by atoms with van der Waals surface area (Å²) < 4.78 is 4.60. The van der Waals surface area contributed by atoms with Crippen molar-refractivity contribution in [3.63, 3.8) is 0 Å². The average Bonchev–Trinajstić information content (AvgIpc) is 2.59. The molecule has 2 aromatic rings. The zero-order valence-electron chi connectivity index (χ0n) is 13.8. The molecule has 2 rings (SSSR count). The van der Waals surface area contributed by atoms with Crippen LogP contribution in [0.5, 0.6) is 5.75 Å². The lowest BCUT2D eigenvalue weighted by Gasteiger charge is -2.14. The molecule has 0 atom stereocenters. The zero-order valence-corrected chi connectivity index (χ0v) is 13.8. The number of phenolic OH excluding ortho intramolecular Hbond substituents is 1. The number of benzene rings is 2. The van der Waals surface area contributed by atoms with E-state index < -0.39 is 16.7 Å². The molecule has 0 spiro atoms. The molecule has 2 aromatic carbocycles. The maximum Gasteiger partial charge on any atom is 0.338 e. The molecule has 0 heterocycles. The van der Waals surface area contributed by atoms with Crippen molar-refractivity contribution < 1.29 is 24.4 Å². The van der Waals surface area contributed by atoms with Gasteiger partial charge in [0.15, 0.2) is 5.78 Å². The van der Waals surface area contributed by atoms with Gasteiger partial charge in [-0.3, -0.25) is 14.9 Å². The number of esters is 1. The lowest BCUT2D eigenvalue weighted by Crippen LogP contribution is -2.13. The average molecular weight is 344 g/mol. The number of ether oxygens (including phenoxy) is 1. The Morgan fingerprint density at radius 3 is 2.24 bits per heavy atom. The third-order valence-corrected chi connectivity index (χ3v) is 3.61. The minimum absolute atomic E-state index is 0.0235. The Labute approximate surface area is 143 Å². The molecule has 25 heavy (non-hydrogen) atoms. The first-order valence-electron chi connectivity index (χ1n) is 7.18. The van der Waals surface area contributed by atoms with Crippen molar-refractivity contribution in [2.75, 3.05) is 26.1 Å². The molecule has 0 saturated carbocycles. The first-order valence-corrected chi connectivity index (χ1v) is 7.18. The number of hydrogen-bond donors (Lipinski definition) is 1. The van der Waals surface area contributed by atoms with Gasteiger partial charge in [-0.2, -0.15) is 0 Å². The molecule has 1 N–H and O–H groups in total. The van der Waals surface area contributed by atoms with E-state index in [1.54, 1.807) is 25.1 Å². The molecule has 0 aliphatic rings. The number of rotatable bonds is 5. The number of phenols is 1. The predicted octanol–water partition coefficient (Wildman–Crippen LogP) is 2.38. The second-order valence-corrected chi connectivity index (χ2v) is 5.40. The first kappa shape index (κ1) is 17.9. The Morgan fingerprint density at radius 1 is 1.08 bits per heavy atom. The number of non-ortho nitro benzene ring substituents is 1. The highest BCUT2D eigenvalue weighted by Crippen LogP contribution is 2.28. The van der Waals surface area contributed by atoms with Crippen LogP contribution in [0.2, 0.25) is 0 Å². The normalized spacial score (nSPS) is 10.2.